The largest absolute Gasteiger partial charge is 0.294 e. The Kier molecular flexibility index (Phi) is 5.04. The van der Waals surface area contributed by atoms with Crippen LogP contribution in [-0.4, -0.2) is 49.2 Å². The second kappa shape index (κ2) is 7.76. The van der Waals surface area contributed by atoms with Gasteiger partial charge >= 0.3 is 0 Å². The standard InChI is InChI=1S/C20H24N6/c1-24-13-17(12-23-24)20-16-25(14-18-6-2-4-8-21-18)10-11-26(20)15-19-7-3-5-9-22-19/h2-9,12-13,20H,10-11,14-16H2,1H3. The predicted octanol–water partition coefficient (Wildman–Crippen LogP) is 2.27. The molecular formula is C20H24N6. The molecule has 0 radical (unpaired) electrons. The fraction of sp³-hybridized carbons (Fsp3) is 0.350. The average Bonchev–Trinajstić information content (AvgIpc) is 3.11. The number of aromatic nitrogens is 4. The third-order valence-corrected chi connectivity index (χ3v) is 4.89. The molecule has 0 N–H and O–H groups in total. The van der Waals surface area contributed by atoms with Crippen LogP contribution in [0.25, 0.3) is 0 Å². The number of rotatable bonds is 5. The SMILES string of the molecule is Cn1cc(C2CN(Cc3ccccn3)CCN2Cc2ccccn2)cn1. The van der Waals surface area contributed by atoms with Crippen molar-refractivity contribution in [2.75, 3.05) is 19.6 Å². The van der Waals surface area contributed by atoms with Crippen LogP contribution in [0.3, 0.4) is 0 Å². The molecule has 4 rings (SSSR count). The van der Waals surface area contributed by atoms with Crippen molar-refractivity contribution >= 4 is 0 Å². The number of aryl methyl sites for hydroxylation is 1. The zero-order valence-corrected chi connectivity index (χ0v) is 15.1. The molecule has 1 unspecified atom stereocenters. The molecule has 0 bridgehead atoms. The first-order valence-electron chi connectivity index (χ1n) is 9.03. The van der Waals surface area contributed by atoms with Crippen LogP contribution in [0.2, 0.25) is 0 Å². The minimum atomic E-state index is 0.308. The van der Waals surface area contributed by atoms with E-state index in [9.17, 15) is 0 Å². The Morgan fingerprint density at radius 2 is 1.69 bits per heavy atom. The lowest BCUT2D eigenvalue weighted by Gasteiger charge is -2.41. The Morgan fingerprint density at radius 3 is 2.31 bits per heavy atom. The highest BCUT2D eigenvalue weighted by atomic mass is 15.3. The summed E-state index contributed by atoms with van der Waals surface area (Å²) in [5.74, 6) is 0. The molecule has 6 nitrogen and oxygen atoms in total. The summed E-state index contributed by atoms with van der Waals surface area (Å²) < 4.78 is 1.88. The molecule has 0 spiro atoms. The van der Waals surface area contributed by atoms with E-state index in [4.69, 9.17) is 0 Å². The summed E-state index contributed by atoms with van der Waals surface area (Å²) in [6.45, 7) is 4.74. The molecular weight excluding hydrogens is 324 g/mol. The van der Waals surface area contributed by atoms with Gasteiger partial charge in [-0.15, -0.1) is 0 Å². The number of hydrogen-bond donors (Lipinski definition) is 0. The van der Waals surface area contributed by atoms with E-state index >= 15 is 0 Å². The molecule has 1 fully saturated rings. The summed E-state index contributed by atoms with van der Waals surface area (Å²) in [5, 5.41) is 4.39. The number of nitrogens with zero attached hydrogens (tertiary/aromatic N) is 6. The van der Waals surface area contributed by atoms with Crippen LogP contribution < -0.4 is 0 Å². The van der Waals surface area contributed by atoms with Gasteiger partial charge in [-0.1, -0.05) is 12.1 Å². The smallest absolute Gasteiger partial charge is 0.0544 e. The van der Waals surface area contributed by atoms with E-state index < -0.39 is 0 Å². The monoisotopic (exact) mass is 348 g/mol. The molecule has 0 aromatic carbocycles. The molecule has 0 saturated carbocycles. The van der Waals surface area contributed by atoms with Crippen LogP contribution >= 0.6 is 0 Å². The number of pyridine rings is 2. The number of hydrogen-bond acceptors (Lipinski definition) is 5. The van der Waals surface area contributed by atoms with Gasteiger partial charge in [-0.3, -0.25) is 24.4 Å². The molecule has 26 heavy (non-hydrogen) atoms. The molecule has 1 aliphatic heterocycles. The molecule has 3 aromatic heterocycles. The van der Waals surface area contributed by atoms with E-state index in [1.54, 1.807) is 0 Å². The lowest BCUT2D eigenvalue weighted by molar-refractivity contribution is 0.0619. The number of piperazine rings is 1. The maximum absolute atomic E-state index is 4.51. The van der Waals surface area contributed by atoms with Gasteiger partial charge in [0.1, 0.15) is 0 Å². The molecule has 1 atom stereocenters. The van der Waals surface area contributed by atoms with E-state index in [0.29, 0.717) is 6.04 Å². The summed E-state index contributed by atoms with van der Waals surface area (Å²) in [6, 6.07) is 12.5. The van der Waals surface area contributed by atoms with Crippen LogP contribution in [0, 0.1) is 0 Å². The fourth-order valence-corrected chi connectivity index (χ4v) is 3.56. The molecule has 0 amide bonds. The lowest BCUT2D eigenvalue weighted by Crippen LogP contribution is -2.47. The van der Waals surface area contributed by atoms with Crippen molar-refractivity contribution in [3.63, 3.8) is 0 Å². The molecule has 1 aliphatic rings. The van der Waals surface area contributed by atoms with Gasteiger partial charge in [0, 0.05) is 63.9 Å². The van der Waals surface area contributed by atoms with Gasteiger partial charge in [-0.2, -0.15) is 5.10 Å². The summed E-state index contributed by atoms with van der Waals surface area (Å²) in [4.78, 5) is 14.0. The highest BCUT2D eigenvalue weighted by Crippen LogP contribution is 2.27. The highest BCUT2D eigenvalue weighted by Gasteiger charge is 2.29. The summed E-state index contributed by atoms with van der Waals surface area (Å²) >= 11 is 0. The first-order valence-corrected chi connectivity index (χ1v) is 9.03. The van der Waals surface area contributed by atoms with Crippen LogP contribution in [0.4, 0.5) is 0 Å². The van der Waals surface area contributed by atoms with Gasteiger partial charge in [0.25, 0.3) is 0 Å². The Bertz CT molecular complexity index is 817. The van der Waals surface area contributed by atoms with Crippen molar-refractivity contribution in [1.29, 1.82) is 0 Å². The van der Waals surface area contributed by atoms with E-state index in [1.807, 2.05) is 42.5 Å². The third kappa shape index (κ3) is 3.98. The van der Waals surface area contributed by atoms with Crippen molar-refractivity contribution in [2.24, 2.45) is 7.05 Å². The Hall–Kier alpha value is -2.57. The van der Waals surface area contributed by atoms with Gasteiger partial charge in [-0.25, -0.2) is 0 Å². The van der Waals surface area contributed by atoms with Gasteiger partial charge < -0.3 is 0 Å². The summed E-state index contributed by atoms with van der Waals surface area (Å²) in [6.07, 6.45) is 7.84. The normalized spacial score (nSPS) is 18.9. The van der Waals surface area contributed by atoms with Crippen molar-refractivity contribution in [3.8, 4) is 0 Å². The molecule has 4 heterocycles. The zero-order valence-electron chi connectivity index (χ0n) is 15.1. The fourth-order valence-electron chi connectivity index (χ4n) is 3.56. The quantitative estimate of drug-likeness (QED) is 0.708. The van der Waals surface area contributed by atoms with E-state index in [2.05, 4.69) is 55.3 Å². The van der Waals surface area contributed by atoms with Gasteiger partial charge in [0.05, 0.1) is 23.6 Å². The molecule has 6 heteroatoms. The van der Waals surface area contributed by atoms with Gasteiger partial charge in [0.15, 0.2) is 0 Å². The zero-order chi connectivity index (χ0) is 17.8. The second-order valence-corrected chi connectivity index (χ2v) is 6.81. The molecule has 1 saturated heterocycles. The first kappa shape index (κ1) is 16.9. The van der Waals surface area contributed by atoms with E-state index in [0.717, 1.165) is 44.1 Å². The van der Waals surface area contributed by atoms with Crippen molar-refractivity contribution < 1.29 is 0 Å². The van der Waals surface area contributed by atoms with Crippen LogP contribution in [0.1, 0.15) is 23.0 Å². The second-order valence-electron chi connectivity index (χ2n) is 6.81. The van der Waals surface area contributed by atoms with E-state index in [1.165, 1.54) is 5.56 Å². The molecule has 3 aromatic rings. The first-order chi connectivity index (χ1) is 12.8. The maximum atomic E-state index is 4.51. The van der Waals surface area contributed by atoms with Crippen molar-refractivity contribution in [2.45, 2.75) is 19.1 Å². The maximum Gasteiger partial charge on any atom is 0.0544 e. The summed E-state index contributed by atoms with van der Waals surface area (Å²) in [5.41, 5.74) is 3.49. The van der Waals surface area contributed by atoms with E-state index in [-0.39, 0.29) is 0 Å². The van der Waals surface area contributed by atoms with Crippen molar-refractivity contribution in [1.82, 2.24) is 29.5 Å². The summed E-state index contributed by atoms with van der Waals surface area (Å²) in [7, 11) is 1.97. The Morgan fingerprint density at radius 1 is 0.962 bits per heavy atom. The molecule has 134 valence electrons. The van der Waals surface area contributed by atoms with Crippen LogP contribution in [-0.2, 0) is 20.1 Å². The van der Waals surface area contributed by atoms with Gasteiger partial charge in [0.2, 0.25) is 0 Å². The highest BCUT2D eigenvalue weighted by molar-refractivity contribution is 5.14. The van der Waals surface area contributed by atoms with Crippen LogP contribution in [0.15, 0.2) is 61.2 Å². The van der Waals surface area contributed by atoms with Crippen molar-refractivity contribution in [3.05, 3.63) is 78.1 Å². The predicted molar refractivity (Wildman–Crippen MR) is 100 cm³/mol. The third-order valence-electron chi connectivity index (χ3n) is 4.89. The Balaban J connectivity index is 1.52. The van der Waals surface area contributed by atoms with Gasteiger partial charge in [-0.05, 0) is 24.3 Å². The topological polar surface area (TPSA) is 50.1 Å². The minimum Gasteiger partial charge on any atom is -0.294 e. The molecule has 0 aliphatic carbocycles. The average molecular weight is 348 g/mol. The van der Waals surface area contributed by atoms with Crippen LogP contribution in [0.5, 0.6) is 0 Å². The Labute approximate surface area is 154 Å². The minimum absolute atomic E-state index is 0.308. The lowest BCUT2D eigenvalue weighted by atomic mass is 10.1.